The van der Waals surface area contributed by atoms with Crippen LogP contribution in [-0.2, 0) is 6.42 Å². The Morgan fingerprint density at radius 2 is 2.19 bits per heavy atom. The second kappa shape index (κ2) is 5.57. The van der Waals surface area contributed by atoms with Crippen LogP contribution in [0.2, 0.25) is 0 Å². The first-order chi connectivity index (χ1) is 9.86. The molecule has 9 heteroatoms. The third-order valence-electron chi connectivity index (χ3n) is 3.05. The fourth-order valence-corrected chi connectivity index (χ4v) is 1.85. The maximum Gasteiger partial charge on any atom is 0.265 e. The number of aromatic nitrogens is 3. The summed E-state index contributed by atoms with van der Waals surface area (Å²) in [6.45, 7) is 3.51. The number of pyridine rings is 1. The molecule has 110 valence electrons. The Labute approximate surface area is 119 Å². The van der Waals surface area contributed by atoms with E-state index in [0.29, 0.717) is 16.8 Å². The summed E-state index contributed by atoms with van der Waals surface area (Å²) in [7, 11) is 0. The van der Waals surface area contributed by atoms with Gasteiger partial charge in [0.25, 0.3) is 11.5 Å². The Kier molecular flexibility index (Phi) is 3.83. The topological polar surface area (TPSA) is 128 Å². The molecule has 21 heavy (non-hydrogen) atoms. The molecule has 0 aliphatic heterocycles. The molecule has 0 saturated heterocycles. The molecule has 2 N–H and O–H groups in total. The zero-order valence-corrected chi connectivity index (χ0v) is 11.4. The fraction of sp³-hybridized carbons (Fsp3) is 0.250. The third-order valence-corrected chi connectivity index (χ3v) is 3.05. The fourth-order valence-electron chi connectivity index (χ4n) is 1.85. The summed E-state index contributed by atoms with van der Waals surface area (Å²) in [6.07, 6.45) is 2.85. The lowest BCUT2D eigenvalue weighted by molar-refractivity contribution is -0.613. The van der Waals surface area contributed by atoms with Crippen LogP contribution in [0.4, 0.5) is 5.95 Å². The Morgan fingerprint density at radius 1 is 1.48 bits per heavy atom. The minimum Gasteiger partial charge on any atom is -0.618 e. The van der Waals surface area contributed by atoms with Crippen LogP contribution in [0, 0.1) is 29.2 Å². The number of nitrogens with zero attached hydrogens (tertiary/aromatic N) is 3. The van der Waals surface area contributed by atoms with Gasteiger partial charge in [-0.2, -0.15) is 4.73 Å². The minimum atomic E-state index is -0.818. The summed E-state index contributed by atoms with van der Waals surface area (Å²) in [6, 6.07) is 1.81. The standard InChI is InChI=1S/C12H13N5O4/c1-7-3-9(6-16(19)8(7)2)4-10-5-13-12(14-11(10)18)15-17(20)21/h3,5-6H,4H2,1-2H3,(H2,13,14,15,18). The van der Waals surface area contributed by atoms with Crippen molar-refractivity contribution in [3.8, 4) is 0 Å². The lowest BCUT2D eigenvalue weighted by Gasteiger charge is -2.07. The zero-order chi connectivity index (χ0) is 15.6. The van der Waals surface area contributed by atoms with E-state index in [0.717, 1.165) is 10.3 Å². The van der Waals surface area contributed by atoms with E-state index in [2.05, 4.69) is 9.97 Å². The lowest BCUT2D eigenvalue weighted by atomic mass is 10.1. The quantitative estimate of drug-likeness (QED) is 0.359. The number of hydrazine groups is 1. The van der Waals surface area contributed by atoms with Crippen LogP contribution in [0.3, 0.4) is 0 Å². The van der Waals surface area contributed by atoms with Crippen LogP contribution < -0.4 is 15.7 Å². The van der Waals surface area contributed by atoms with E-state index >= 15 is 0 Å². The molecule has 9 nitrogen and oxygen atoms in total. The van der Waals surface area contributed by atoms with E-state index in [4.69, 9.17) is 0 Å². The molecule has 0 spiro atoms. The van der Waals surface area contributed by atoms with Gasteiger partial charge in [-0.25, -0.2) is 15.1 Å². The van der Waals surface area contributed by atoms with Crippen LogP contribution >= 0.6 is 0 Å². The summed E-state index contributed by atoms with van der Waals surface area (Å²) in [5.74, 6) is -0.243. The highest BCUT2D eigenvalue weighted by atomic mass is 16.7. The molecule has 2 aromatic rings. The second-order valence-electron chi connectivity index (χ2n) is 4.57. The van der Waals surface area contributed by atoms with Gasteiger partial charge in [-0.3, -0.25) is 9.78 Å². The first kappa shape index (κ1) is 14.4. The molecule has 2 aromatic heterocycles. The van der Waals surface area contributed by atoms with E-state index in [1.54, 1.807) is 19.3 Å². The molecule has 0 atom stereocenters. The smallest absolute Gasteiger partial charge is 0.265 e. The van der Waals surface area contributed by atoms with Crippen molar-refractivity contribution >= 4 is 5.95 Å². The Morgan fingerprint density at radius 3 is 2.76 bits per heavy atom. The van der Waals surface area contributed by atoms with Gasteiger partial charge in [0.2, 0.25) is 0 Å². The maximum absolute atomic E-state index is 11.8. The van der Waals surface area contributed by atoms with Gasteiger partial charge in [-0.05, 0) is 13.0 Å². The predicted molar refractivity (Wildman–Crippen MR) is 73.2 cm³/mol. The van der Waals surface area contributed by atoms with Crippen LogP contribution in [0.15, 0.2) is 23.3 Å². The summed E-state index contributed by atoms with van der Waals surface area (Å²) in [5.41, 5.74) is 3.65. The monoisotopic (exact) mass is 291 g/mol. The number of nitrogens with one attached hydrogen (secondary N) is 2. The van der Waals surface area contributed by atoms with Crippen molar-refractivity contribution in [3.63, 3.8) is 0 Å². The van der Waals surface area contributed by atoms with Gasteiger partial charge >= 0.3 is 0 Å². The summed E-state index contributed by atoms with van der Waals surface area (Å²) >= 11 is 0. The Hall–Kier alpha value is -2.97. The molecule has 0 unspecified atom stereocenters. The number of aromatic amines is 1. The molecule has 0 aliphatic rings. The SMILES string of the molecule is Cc1cc(Cc2cnc(N[N+](=O)[O-])[nH]c2=O)c[n+]([O-])c1C. The van der Waals surface area contributed by atoms with E-state index in [1.165, 1.54) is 12.4 Å². The number of aryl methyl sites for hydroxylation is 1. The van der Waals surface area contributed by atoms with E-state index < -0.39 is 10.6 Å². The number of anilines is 1. The largest absolute Gasteiger partial charge is 0.618 e. The average Bonchev–Trinajstić information content (AvgIpc) is 2.38. The molecule has 0 bridgehead atoms. The lowest BCUT2D eigenvalue weighted by Crippen LogP contribution is -2.31. The molecule has 0 radical (unpaired) electrons. The summed E-state index contributed by atoms with van der Waals surface area (Å²) in [5, 5.41) is 21.1. The first-order valence-electron chi connectivity index (χ1n) is 6.05. The van der Waals surface area contributed by atoms with Gasteiger partial charge in [0, 0.05) is 36.2 Å². The Balaban J connectivity index is 2.28. The highest BCUT2D eigenvalue weighted by Gasteiger charge is 2.11. The average molecular weight is 291 g/mol. The molecular formula is C12H13N5O4. The summed E-state index contributed by atoms with van der Waals surface area (Å²) in [4.78, 5) is 28.1. The zero-order valence-electron chi connectivity index (χ0n) is 11.4. The van der Waals surface area contributed by atoms with Crippen LogP contribution in [0.1, 0.15) is 22.4 Å². The summed E-state index contributed by atoms with van der Waals surface area (Å²) < 4.78 is 0.745. The third kappa shape index (κ3) is 3.32. The first-order valence-corrected chi connectivity index (χ1v) is 6.05. The van der Waals surface area contributed by atoms with Gasteiger partial charge in [0.05, 0.1) is 0 Å². The highest BCUT2D eigenvalue weighted by Crippen LogP contribution is 2.08. The number of hydrogen-bond donors (Lipinski definition) is 2. The van der Waals surface area contributed by atoms with Gasteiger partial charge in [-0.15, -0.1) is 0 Å². The number of H-pyrrole nitrogens is 1. The highest BCUT2D eigenvalue weighted by molar-refractivity contribution is 5.27. The number of hydrogen-bond acceptors (Lipinski definition) is 5. The second-order valence-corrected chi connectivity index (χ2v) is 4.57. The van der Waals surface area contributed by atoms with Gasteiger partial charge in [-0.1, -0.05) is 5.43 Å². The Bertz CT molecular complexity index is 733. The van der Waals surface area contributed by atoms with E-state index in [-0.39, 0.29) is 12.4 Å². The molecule has 0 aliphatic carbocycles. The molecule has 0 saturated carbocycles. The molecule has 0 aromatic carbocycles. The van der Waals surface area contributed by atoms with Gasteiger partial charge in [0.1, 0.15) is 0 Å². The van der Waals surface area contributed by atoms with Crippen molar-refractivity contribution in [1.29, 1.82) is 0 Å². The van der Waals surface area contributed by atoms with Crippen molar-refractivity contribution in [2.24, 2.45) is 0 Å². The number of nitro groups is 1. The van der Waals surface area contributed by atoms with Gasteiger partial charge in [0.15, 0.2) is 16.9 Å². The molecular weight excluding hydrogens is 278 g/mol. The van der Waals surface area contributed by atoms with Crippen molar-refractivity contribution in [2.45, 2.75) is 20.3 Å². The van der Waals surface area contributed by atoms with E-state index in [1.807, 2.05) is 6.07 Å². The normalized spacial score (nSPS) is 10.4. The molecule has 2 rings (SSSR count). The van der Waals surface area contributed by atoms with Crippen molar-refractivity contribution < 1.29 is 9.76 Å². The van der Waals surface area contributed by atoms with Crippen LogP contribution in [0.25, 0.3) is 0 Å². The van der Waals surface area contributed by atoms with Crippen molar-refractivity contribution in [1.82, 2.24) is 9.97 Å². The van der Waals surface area contributed by atoms with Crippen molar-refractivity contribution in [3.05, 3.63) is 66.5 Å². The van der Waals surface area contributed by atoms with Crippen LogP contribution in [-0.4, -0.2) is 15.0 Å². The minimum absolute atomic E-state index is 0.213. The van der Waals surface area contributed by atoms with Crippen LogP contribution in [0.5, 0.6) is 0 Å². The number of rotatable bonds is 4. The maximum atomic E-state index is 11.8. The van der Waals surface area contributed by atoms with Crippen molar-refractivity contribution in [2.75, 3.05) is 5.43 Å². The molecule has 2 heterocycles. The predicted octanol–water partition coefficient (Wildman–Crippen LogP) is 0.215. The van der Waals surface area contributed by atoms with E-state index in [9.17, 15) is 20.1 Å². The molecule has 0 fully saturated rings. The van der Waals surface area contributed by atoms with Gasteiger partial charge < -0.3 is 5.21 Å². The molecule has 0 amide bonds.